The van der Waals surface area contributed by atoms with Crippen molar-refractivity contribution in [3.05, 3.63) is 0 Å². The van der Waals surface area contributed by atoms with Crippen LogP contribution in [0.4, 0.5) is 0 Å². The van der Waals surface area contributed by atoms with E-state index < -0.39 is 0 Å². The molecule has 0 aromatic carbocycles. The van der Waals surface area contributed by atoms with Crippen molar-refractivity contribution in [3.63, 3.8) is 0 Å². The lowest BCUT2D eigenvalue weighted by Gasteiger charge is -2.32. The number of epoxide rings is 1. The van der Waals surface area contributed by atoms with Crippen LogP contribution >= 0.6 is 0 Å². The van der Waals surface area contributed by atoms with Gasteiger partial charge in [0.05, 0.1) is 6.10 Å². The molecule has 2 saturated carbocycles. The molecule has 1 aliphatic heterocycles. The standard InChI is InChI=1S/C10H14O2/c11-8-5-6-3-1-2-4-7(6)9-10(8)12-9/h6-7,9-10H,1-5H2. The minimum atomic E-state index is 0.0318. The Labute approximate surface area is 72.3 Å². The van der Waals surface area contributed by atoms with Gasteiger partial charge in [0, 0.05) is 6.42 Å². The number of carbonyl (C=O) groups is 1. The predicted octanol–water partition coefficient (Wildman–Crippen LogP) is 1.53. The highest BCUT2D eigenvalue weighted by atomic mass is 16.6. The van der Waals surface area contributed by atoms with E-state index in [-0.39, 0.29) is 6.10 Å². The van der Waals surface area contributed by atoms with Crippen LogP contribution in [-0.4, -0.2) is 18.0 Å². The van der Waals surface area contributed by atoms with Gasteiger partial charge in [0.15, 0.2) is 5.78 Å². The van der Waals surface area contributed by atoms with Gasteiger partial charge in [-0.15, -0.1) is 0 Å². The molecule has 66 valence electrons. The lowest BCUT2D eigenvalue weighted by molar-refractivity contribution is -0.122. The topological polar surface area (TPSA) is 29.6 Å². The summed E-state index contributed by atoms with van der Waals surface area (Å²) >= 11 is 0. The molecular weight excluding hydrogens is 152 g/mol. The Bertz CT molecular complexity index is 224. The van der Waals surface area contributed by atoms with Gasteiger partial charge in [0.1, 0.15) is 6.10 Å². The number of carbonyl (C=O) groups excluding carboxylic acids is 1. The first-order valence-electron chi connectivity index (χ1n) is 5.04. The van der Waals surface area contributed by atoms with Gasteiger partial charge in [-0.05, 0) is 24.7 Å². The zero-order valence-electron chi connectivity index (χ0n) is 7.16. The molecule has 0 aromatic heterocycles. The quantitative estimate of drug-likeness (QED) is 0.511. The molecule has 4 atom stereocenters. The summed E-state index contributed by atoms with van der Waals surface area (Å²) in [5.74, 6) is 1.79. The van der Waals surface area contributed by atoms with E-state index in [1.807, 2.05) is 0 Å². The first-order valence-corrected chi connectivity index (χ1v) is 5.04. The van der Waals surface area contributed by atoms with Gasteiger partial charge < -0.3 is 4.74 Å². The van der Waals surface area contributed by atoms with Gasteiger partial charge in [-0.25, -0.2) is 0 Å². The fourth-order valence-electron chi connectivity index (χ4n) is 3.01. The highest BCUT2D eigenvalue weighted by Gasteiger charge is 2.56. The second kappa shape index (κ2) is 2.32. The highest BCUT2D eigenvalue weighted by Crippen LogP contribution is 2.48. The Kier molecular flexibility index (Phi) is 1.37. The van der Waals surface area contributed by atoms with Crippen molar-refractivity contribution in [1.29, 1.82) is 0 Å². The van der Waals surface area contributed by atoms with E-state index in [9.17, 15) is 4.79 Å². The lowest BCUT2D eigenvalue weighted by atomic mass is 9.70. The summed E-state index contributed by atoms with van der Waals surface area (Å²) in [7, 11) is 0. The van der Waals surface area contributed by atoms with Crippen LogP contribution in [0.3, 0.4) is 0 Å². The van der Waals surface area contributed by atoms with E-state index in [0.717, 1.165) is 12.3 Å². The SMILES string of the molecule is O=C1CC2CCCCC2C2OC12. The summed E-state index contributed by atoms with van der Waals surface area (Å²) in [6, 6.07) is 0. The Morgan fingerprint density at radius 1 is 1.25 bits per heavy atom. The van der Waals surface area contributed by atoms with Crippen LogP contribution < -0.4 is 0 Å². The van der Waals surface area contributed by atoms with Crippen molar-refractivity contribution in [2.45, 2.75) is 44.3 Å². The summed E-state index contributed by atoms with van der Waals surface area (Å²) in [5, 5.41) is 0. The first-order chi connectivity index (χ1) is 5.86. The van der Waals surface area contributed by atoms with Crippen LogP contribution in [0, 0.1) is 11.8 Å². The molecule has 1 heterocycles. The molecule has 2 nitrogen and oxygen atoms in total. The van der Waals surface area contributed by atoms with Gasteiger partial charge in [-0.1, -0.05) is 12.8 Å². The van der Waals surface area contributed by atoms with Gasteiger partial charge in [0.2, 0.25) is 0 Å². The zero-order valence-corrected chi connectivity index (χ0v) is 7.16. The number of ketones is 1. The van der Waals surface area contributed by atoms with Gasteiger partial charge >= 0.3 is 0 Å². The normalized spacial score (nSPS) is 51.2. The fraction of sp³-hybridized carbons (Fsp3) is 0.900. The molecule has 0 bridgehead atoms. The van der Waals surface area contributed by atoms with Crippen LogP contribution in [0.1, 0.15) is 32.1 Å². The number of Topliss-reactive ketones (excluding diaryl/α,β-unsaturated/α-hetero) is 1. The van der Waals surface area contributed by atoms with Crippen molar-refractivity contribution in [2.24, 2.45) is 11.8 Å². The van der Waals surface area contributed by atoms with Crippen LogP contribution in [0.5, 0.6) is 0 Å². The van der Waals surface area contributed by atoms with Gasteiger partial charge in [-0.2, -0.15) is 0 Å². The third kappa shape index (κ3) is 0.875. The van der Waals surface area contributed by atoms with Crippen molar-refractivity contribution in [1.82, 2.24) is 0 Å². The lowest BCUT2D eigenvalue weighted by Crippen LogP contribution is -2.34. The third-order valence-corrected chi connectivity index (χ3v) is 3.70. The van der Waals surface area contributed by atoms with Crippen LogP contribution in [0.25, 0.3) is 0 Å². The molecule has 0 amide bonds. The Morgan fingerprint density at radius 3 is 3.00 bits per heavy atom. The Balaban J connectivity index is 1.81. The predicted molar refractivity (Wildman–Crippen MR) is 43.7 cm³/mol. The van der Waals surface area contributed by atoms with E-state index in [0.29, 0.717) is 17.8 Å². The number of ether oxygens (including phenoxy) is 1. The molecule has 4 unspecified atom stereocenters. The molecule has 3 aliphatic rings. The Morgan fingerprint density at radius 2 is 2.08 bits per heavy atom. The zero-order chi connectivity index (χ0) is 8.13. The van der Waals surface area contributed by atoms with Crippen molar-refractivity contribution in [2.75, 3.05) is 0 Å². The van der Waals surface area contributed by atoms with Crippen LogP contribution in [-0.2, 0) is 9.53 Å². The van der Waals surface area contributed by atoms with Crippen molar-refractivity contribution in [3.8, 4) is 0 Å². The fourth-order valence-corrected chi connectivity index (χ4v) is 3.01. The number of rotatable bonds is 0. The van der Waals surface area contributed by atoms with Crippen LogP contribution in [0.15, 0.2) is 0 Å². The van der Waals surface area contributed by atoms with E-state index >= 15 is 0 Å². The number of fused-ring (bicyclic) bond motifs is 3. The van der Waals surface area contributed by atoms with Crippen molar-refractivity contribution < 1.29 is 9.53 Å². The summed E-state index contributed by atoms with van der Waals surface area (Å²) in [5.41, 5.74) is 0. The molecule has 1 saturated heterocycles. The third-order valence-electron chi connectivity index (χ3n) is 3.70. The maximum Gasteiger partial charge on any atom is 0.164 e. The van der Waals surface area contributed by atoms with E-state index in [4.69, 9.17) is 4.74 Å². The molecule has 0 N–H and O–H groups in total. The second-order valence-corrected chi connectivity index (χ2v) is 4.40. The van der Waals surface area contributed by atoms with E-state index in [1.165, 1.54) is 25.7 Å². The van der Waals surface area contributed by atoms with E-state index in [1.54, 1.807) is 0 Å². The minimum Gasteiger partial charge on any atom is -0.361 e. The smallest absolute Gasteiger partial charge is 0.164 e. The second-order valence-electron chi connectivity index (χ2n) is 4.40. The van der Waals surface area contributed by atoms with Gasteiger partial charge in [-0.3, -0.25) is 4.79 Å². The van der Waals surface area contributed by atoms with E-state index in [2.05, 4.69) is 0 Å². The molecule has 0 radical (unpaired) electrons. The molecule has 2 heteroatoms. The molecule has 0 aromatic rings. The minimum absolute atomic E-state index is 0.0318. The highest BCUT2D eigenvalue weighted by molar-refractivity contribution is 5.87. The summed E-state index contributed by atoms with van der Waals surface area (Å²) < 4.78 is 5.41. The first kappa shape index (κ1) is 7.07. The monoisotopic (exact) mass is 166 g/mol. The summed E-state index contributed by atoms with van der Waals surface area (Å²) in [4.78, 5) is 11.4. The maximum absolute atomic E-state index is 11.4. The molecule has 3 fully saturated rings. The summed E-state index contributed by atoms with van der Waals surface area (Å²) in [6.07, 6.45) is 6.43. The molecule has 0 spiro atoms. The average molecular weight is 166 g/mol. The molecule has 12 heavy (non-hydrogen) atoms. The Hall–Kier alpha value is -0.370. The van der Waals surface area contributed by atoms with Crippen LogP contribution in [0.2, 0.25) is 0 Å². The number of hydrogen-bond donors (Lipinski definition) is 0. The van der Waals surface area contributed by atoms with Crippen molar-refractivity contribution >= 4 is 5.78 Å². The largest absolute Gasteiger partial charge is 0.361 e. The molecule has 2 aliphatic carbocycles. The van der Waals surface area contributed by atoms with Gasteiger partial charge in [0.25, 0.3) is 0 Å². The average Bonchev–Trinajstić information content (AvgIpc) is 2.84. The molecule has 3 rings (SSSR count). The summed E-state index contributed by atoms with van der Waals surface area (Å²) in [6.45, 7) is 0. The molecular formula is C10H14O2. The number of hydrogen-bond acceptors (Lipinski definition) is 2. The maximum atomic E-state index is 11.4.